The first-order chi connectivity index (χ1) is 11.2. The Bertz CT molecular complexity index is 703. The van der Waals surface area contributed by atoms with Crippen LogP contribution in [-0.4, -0.2) is 17.1 Å². The number of aromatic nitrogens is 2. The minimum atomic E-state index is -0.231. The minimum absolute atomic E-state index is 0.231. The van der Waals surface area contributed by atoms with Crippen molar-refractivity contribution in [2.45, 2.75) is 45.8 Å². The van der Waals surface area contributed by atoms with Gasteiger partial charge in [-0.1, -0.05) is 6.07 Å². The van der Waals surface area contributed by atoms with Gasteiger partial charge in [0, 0.05) is 30.5 Å². The lowest BCUT2D eigenvalue weighted by Crippen LogP contribution is -2.14. The van der Waals surface area contributed by atoms with Crippen LogP contribution in [0.15, 0.2) is 18.2 Å². The maximum absolute atomic E-state index is 13.7. The first-order valence-electron chi connectivity index (χ1n) is 8.04. The van der Waals surface area contributed by atoms with E-state index in [0.717, 1.165) is 30.0 Å². The van der Waals surface area contributed by atoms with Crippen molar-refractivity contribution in [2.24, 2.45) is 0 Å². The summed E-state index contributed by atoms with van der Waals surface area (Å²) in [5.74, 6) is 1.49. The van der Waals surface area contributed by atoms with Crippen LogP contribution in [0.2, 0.25) is 0 Å². The molecule has 1 aromatic heterocycles. The van der Waals surface area contributed by atoms with Crippen LogP contribution >= 0.6 is 0 Å². The topological polar surface area (TPSA) is 47.0 Å². The largest absolute Gasteiger partial charge is 0.380 e. The first kappa shape index (κ1) is 15.9. The average Bonchev–Trinajstić information content (AvgIpc) is 2.55. The number of aryl methyl sites for hydroxylation is 2. The molecule has 3 rings (SSSR count). The van der Waals surface area contributed by atoms with Gasteiger partial charge in [-0.15, -0.1) is 0 Å². The van der Waals surface area contributed by atoms with E-state index in [4.69, 9.17) is 4.74 Å². The highest BCUT2D eigenvalue weighted by atomic mass is 19.1. The lowest BCUT2D eigenvalue weighted by Gasteiger charge is -2.19. The monoisotopic (exact) mass is 315 g/mol. The van der Waals surface area contributed by atoms with Crippen molar-refractivity contribution < 1.29 is 9.13 Å². The summed E-state index contributed by atoms with van der Waals surface area (Å²) >= 11 is 0. The SMILES string of the molecule is COCc1cc(CNc2nc(C)nc3c2CCCC3)ccc1F. The highest BCUT2D eigenvalue weighted by Crippen LogP contribution is 2.26. The molecule has 122 valence electrons. The Balaban J connectivity index is 1.78. The second-order valence-corrected chi connectivity index (χ2v) is 5.96. The number of benzene rings is 1. The Morgan fingerprint density at radius 2 is 2.04 bits per heavy atom. The number of anilines is 1. The fourth-order valence-corrected chi connectivity index (χ4v) is 3.05. The average molecular weight is 315 g/mol. The molecule has 1 aliphatic rings. The molecular weight excluding hydrogens is 293 g/mol. The van der Waals surface area contributed by atoms with E-state index < -0.39 is 0 Å². The van der Waals surface area contributed by atoms with Crippen LogP contribution in [-0.2, 0) is 30.7 Å². The van der Waals surface area contributed by atoms with E-state index in [2.05, 4.69) is 15.3 Å². The van der Waals surface area contributed by atoms with Crippen LogP contribution in [0.4, 0.5) is 10.2 Å². The molecule has 23 heavy (non-hydrogen) atoms. The molecule has 0 bridgehead atoms. The van der Waals surface area contributed by atoms with E-state index in [9.17, 15) is 4.39 Å². The molecule has 0 atom stereocenters. The quantitative estimate of drug-likeness (QED) is 0.916. The summed E-state index contributed by atoms with van der Waals surface area (Å²) < 4.78 is 18.7. The van der Waals surface area contributed by atoms with Crippen LogP contribution in [0.1, 0.15) is 41.1 Å². The van der Waals surface area contributed by atoms with Crippen molar-refractivity contribution in [3.63, 3.8) is 0 Å². The molecule has 0 saturated carbocycles. The number of ether oxygens (including phenoxy) is 1. The summed E-state index contributed by atoms with van der Waals surface area (Å²) in [6, 6.07) is 5.13. The Morgan fingerprint density at radius 3 is 2.87 bits per heavy atom. The Morgan fingerprint density at radius 1 is 1.22 bits per heavy atom. The Labute approximate surface area is 136 Å². The summed E-state index contributed by atoms with van der Waals surface area (Å²) in [5, 5.41) is 3.40. The zero-order valence-corrected chi connectivity index (χ0v) is 13.7. The number of nitrogens with zero attached hydrogens (tertiary/aromatic N) is 2. The summed E-state index contributed by atoms with van der Waals surface area (Å²) in [6.45, 7) is 2.82. The molecule has 0 saturated heterocycles. The van der Waals surface area contributed by atoms with Gasteiger partial charge in [-0.05, 0) is 50.3 Å². The summed E-state index contributed by atoms with van der Waals surface area (Å²) in [5.41, 5.74) is 4.00. The van der Waals surface area contributed by atoms with Crippen molar-refractivity contribution in [1.29, 1.82) is 0 Å². The van der Waals surface area contributed by atoms with Crippen LogP contribution in [0.5, 0.6) is 0 Å². The molecular formula is C18H22FN3O. The highest BCUT2D eigenvalue weighted by molar-refractivity contribution is 5.48. The van der Waals surface area contributed by atoms with E-state index in [1.165, 1.54) is 30.2 Å². The second-order valence-electron chi connectivity index (χ2n) is 5.96. The fourth-order valence-electron chi connectivity index (χ4n) is 3.05. The highest BCUT2D eigenvalue weighted by Gasteiger charge is 2.16. The third-order valence-corrected chi connectivity index (χ3v) is 4.16. The van der Waals surface area contributed by atoms with Gasteiger partial charge in [0.15, 0.2) is 0 Å². The molecule has 0 aliphatic heterocycles. The summed E-state index contributed by atoms with van der Waals surface area (Å²) in [6.07, 6.45) is 4.43. The number of rotatable bonds is 5. The fraction of sp³-hybridized carbons (Fsp3) is 0.444. The molecule has 1 aromatic carbocycles. The van der Waals surface area contributed by atoms with Gasteiger partial charge in [0.25, 0.3) is 0 Å². The molecule has 0 fully saturated rings. The van der Waals surface area contributed by atoms with Crippen LogP contribution in [0.25, 0.3) is 0 Å². The van der Waals surface area contributed by atoms with Crippen molar-refractivity contribution in [2.75, 3.05) is 12.4 Å². The standard InChI is InChI=1S/C18H22FN3O/c1-12-21-17-6-4-3-5-15(17)18(22-12)20-10-13-7-8-16(19)14(9-13)11-23-2/h7-9H,3-6,10-11H2,1-2H3,(H,20,21,22). The van der Waals surface area contributed by atoms with Gasteiger partial charge >= 0.3 is 0 Å². The van der Waals surface area contributed by atoms with E-state index >= 15 is 0 Å². The summed E-state index contributed by atoms with van der Waals surface area (Å²) in [4.78, 5) is 9.12. The molecule has 0 radical (unpaired) electrons. The minimum Gasteiger partial charge on any atom is -0.380 e. The molecule has 1 aliphatic carbocycles. The number of fused-ring (bicyclic) bond motifs is 1. The number of nitrogens with one attached hydrogen (secondary N) is 1. The van der Waals surface area contributed by atoms with E-state index in [1.807, 2.05) is 13.0 Å². The predicted molar refractivity (Wildman–Crippen MR) is 87.9 cm³/mol. The molecule has 0 unspecified atom stereocenters. The predicted octanol–water partition coefficient (Wildman–Crippen LogP) is 3.56. The van der Waals surface area contributed by atoms with Gasteiger partial charge in [0.2, 0.25) is 0 Å². The lowest BCUT2D eigenvalue weighted by atomic mass is 9.96. The number of hydrogen-bond donors (Lipinski definition) is 1. The van der Waals surface area contributed by atoms with Gasteiger partial charge in [0.05, 0.1) is 6.61 Å². The smallest absolute Gasteiger partial charge is 0.133 e. The lowest BCUT2D eigenvalue weighted by molar-refractivity contribution is 0.181. The zero-order chi connectivity index (χ0) is 16.2. The van der Waals surface area contributed by atoms with Crippen LogP contribution < -0.4 is 5.32 Å². The van der Waals surface area contributed by atoms with Gasteiger partial charge < -0.3 is 10.1 Å². The molecule has 1 N–H and O–H groups in total. The van der Waals surface area contributed by atoms with Crippen molar-refractivity contribution in [3.8, 4) is 0 Å². The molecule has 1 heterocycles. The molecule has 5 heteroatoms. The summed E-state index contributed by atoms with van der Waals surface area (Å²) in [7, 11) is 1.57. The van der Waals surface area contributed by atoms with Crippen LogP contribution in [0, 0.1) is 12.7 Å². The number of methoxy groups -OCH3 is 1. The van der Waals surface area contributed by atoms with E-state index in [-0.39, 0.29) is 12.4 Å². The Kier molecular flexibility index (Phi) is 4.86. The second kappa shape index (κ2) is 7.04. The Hall–Kier alpha value is -2.01. The normalized spacial score (nSPS) is 13.7. The number of halogens is 1. The van der Waals surface area contributed by atoms with Crippen molar-refractivity contribution in [1.82, 2.24) is 9.97 Å². The van der Waals surface area contributed by atoms with Crippen LogP contribution in [0.3, 0.4) is 0 Å². The van der Waals surface area contributed by atoms with Crippen molar-refractivity contribution in [3.05, 3.63) is 52.2 Å². The van der Waals surface area contributed by atoms with Gasteiger partial charge in [-0.3, -0.25) is 0 Å². The maximum Gasteiger partial charge on any atom is 0.133 e. The zero-order valence-electron chi connectivity index (χ0n) is 13.7. The molecule has 2 aromatic rings. The van der Waals surface area contributed by atoms with E-state index in [1.54, 1.807) is 13.2 Å². The van der Waals surface area contributed by atoms with Gasteiger partial charge in [0.1, 0.15) is 17.5 Å². The van der Waals surface area contributed by atoms with Crippen molar-refractivity contribution >= 4 is 5.82 Å². The molecule has 0 spiro atoms. The number of hydrogen-bond acceptors (Lipinski definition) is 4. The first-order valence-corrected chi connectivity index (χ1v) is 8.04. The van der Waals surface area contributed by atoms with Gasteiger partial charge in [-0.2, -0.15) is 0 Å². The molecule has 0 amide bonds. The maximum atomic E-state index is 13.7. The third kappa shape index (κ3) is 3.67. The third-order valence-electron chi connectivity index (χ3n) is 4.16. The molecule has 4 nitrogen and oxygen atoms in total. The van der Waals surface area contributed by atoms with E-state index in [0.29, 0.717) is 12.1 Å². The van der Waals surface area contributed by atoms with Gasteiger partial charge in [-0.25, -0.2) is 14.4 Å².